The first-order valence-electron chi connectivity index (χ1n) is 8.60. The van der Waals surface area contributed by atoms with Gasteiger partial charge in [0.15, 0.2) is 5.75 Å². The molecule has 1 aromatic heterocycles. The summed E-state index contributed by atoms with van der Waals surface area (Å²) >= 11 is 0. The summed E-state index contributed by atoms with van der Waals surface area (Å²) in [4.78, 5) is 38.4. The molecule has 0 bridgehead atoms. The molecule has 0 fully saturated rings. The molecule has 0 aliphatic heterocycles. The van der Waals surface area contributed by atoms with E-state index in [1.54, 1.807) is 26.0 Å². The average molecular weight is 373 g/mol. The van der Waals surface area contributed by atoms with Gasteiger partial charge in [0.1, 0.15) is 17.8 Å². The molecule has 0 unspecified atom stereocenters. The molecule has 27 heavy (non-hydrogen) atoms. The molecule has 0 atom stereocenters. The van der Waals surface area contributed by atoms with Crippen molar-refractivity contribution in [2.24, 2.45) is 0 Å². The van der Waals surface area contributed by atoms with Gasteiger partial charge in [0.05, 0.1) is 6.42 Å². The van der Waals surface area contributed by atoms with Gasteiger partial charge in [0.25, 0.3) is 5.56 Å². The lowest BCUT2D eigenvalue weighted by Gasteiger charge is -2.23. The number of esters is 1. The minimum Gasteiger partial charge on any atom is -0.482 e. The summed E-state index contributed by atoms with van der Waals surface area (Å²) in [6.07, 6.45) is 0.389. The van der Waals surface area contributed by atoms with Gasteiger partial charge in [-0.15, -0.1) is 0 Å². The Hall–Kier alpha value is -3.09. The first kappa shape index (κ1) is 20.2. The van der Waals surface area contributed by atoms with Crippen molar-refractivity contribution >= 4 is 11.9 Å². The number of ether oxygens (including phenoxy) is 2. The van der Waals surface area contributed by atoms with Crippen molar-refractivity contribution in [3.05, 3.63) is 63.6 Å². The summed E-state index contributed by atoms with van der Waals surface area (Å²) in [5.41, 5.74) is -0.689. The van der Waals surface area contributed by atoms with Crippen LogP contribution in [0.2, 0.25) is 0 Å². The van der Waals surface area contributed by atoms with Crippen molar-refractivity contribution in [2.75, 3.05) is 0 Å². The molecule has 2 rings (SSSR count). The Morgan fingerprint density at radius 1 is 1.19 bits per heavy atom. The van der Waals surface area contributed by atoms with Crippen LogP contribution in [0, 0.1) is 0 Å². The van der Waals surface area contributed by atoms with Crippen LogP contribution >= 0.6 is 0 Å². The van der Waals surface area contributed by atoms with Crippen LogP contribution in [0.4, 0.5) is 0 Å². The van der Waals surface area contributed by atoms with E-state index in [0.29, 0.717) is 6.42 Å². The number of rotatable bonds is 8. The van der Waals surface area contributed by atoms with Gasteiger partial charge in [-0.2, -0.15) is 0 Å². The molecular weight excluding hydrogens is 350 g/mol. The first-order chi connectivity index (χ1) is 12.7. The van der Waals surface area contributed by atoms with Gasteiger partial charge >= 0.3 is 11.9 Å². The molecule has 1 heterocycles. The summed E-state index contributed by atoms with van der Waals surface area (Å²) < 4.78 is 10.8. The zero-order chi connectivity index (χ0) is 20.0. The SMILES string of the molecule is CCC(C)(C)OC(=O)Cc1cc(C(=O)O)c(OCc2ccccc2)c(=O)[nH]1. The van der Waals surface area contributed by atoms with Crippen molar-refractivity contribution in [1.82, 2.24) is 4.98 Å². The van der Waals surface area contributed by atoms with Crippen LogP contribution in [0.15, 0.2) is 41.2 Å². The normalized spacial score (nSPS) is 11.1. The number of H-pyrrole nitrogens is 1. The summed E-state index contributed by atoms with van der Waals surface area (Å²) in [6.45, 7) is 5.49. The van der Waals surface area contributed by atoms with Gasteiger partial charge < -0.3 is 19.6 Å². The van der Waals surface area contributed by atoms with Crippen molar-refractivity contribution in [2.45, 2.75) is 45.8 Å². The Morgan fingerprint density at radius 2 is 1.85 bits per heavy atom. The number of carboxylic acid groups (broad SMARTS) is 1. The molecule has 0 amide bonds. The predicted octanol–water partition coefficient (Wildman–Crippen LogP) is 2.93. The highest BCUT2D eigenvalue weighted by molar-refractivity contribution is 5.91. The summed E-state index contributed by atoms with van der Waals surface area (Å²) in [5, 5.41) is 9.42. The fraction of sp³-hybridized carbons (Fsp3) is 0.350. The Bertz CT molecular complexity index is 870. The average Bonchev–Trinajstić information content (AvgIpc) is 2.60. The zero-order valence-electron chi connectivity index (χ0n) is 15.6. The minimum atomic E-state index is -1.31. The number of carboxylic acids is 1. The molecule has 7 heteroatoms. The maximum Gasteiger partial charge on any atom is 0.339 e. The molecule has 2 N–H and O–H groups in total. The number of hydrogen-bond acceptors (Lipinski definition) is 5. The van der Waals surface area contributed by atoms with E-state index in [1.165, 1.54) is 6.07 Å². The third kappa shape index (κ3) is 5.70. The lowest BCUT2D eigenvalue weighted by Crippen LogP contribution is -2.28. The number of benzene rings is 1. The molecule has 2 aromatic rings. The number of aromatic nitrogens is 1. The van der Waals surface area contributed by atoms with Crippen LogP contribution < -0.4 is 10.3 Å². The van der Waals surface area contributed by atoms with E-state index < -0.39 is 23.1 Å². The number of hydrogen-bond donors (Lipinski definition) is 2. The number of aromatic carboxylic acids is 1. The summed E-state index contributed by atoms with van der Waals surface area (Å²) in [7, 11) is 0. The van der Waals surface area contributed by atoms with Crippen molar-refractivity contribution in [3.63, 3.8) is 0 Å². The highest BCUT2D eigenvalue weighted by Gasteiger charge is 2.23. The van der Waals surface area contributed by atoms with Gasteiger partial charge in [-0.1, -0.05) is 37.3 Å². The molecule has 0 aliphatic carbocycles. The second-order valence-corrected chi connectivity index (χ2v) is 6.71. The minimum absolute atomic E-state index is 0.0519. The van der Waals surface area contributed by atoms with E-state index in [-0.39, 0.29) is 30.0 Å². The maximum atomic E-state index is 12.3. The lowest BCUT2D eigenvalue weighted by atomic mass is 10.1. The highest BCUT2D eigenvalue weighted by atomic mass is 16.6. The van der Waals surface area contributed by atoms with E-state index in [1.807, 2.05) is 25.1 Å². The molecule has 0 radical (unpaired) electrons. The van der Waals surface area contributed by atoms with E-state index in [2.05, 4.69) is 4.98 Å². The second-order valence-electron chi connectivity index (χ2n) is 6.71. The standard InChI is InChI=1S/C20H23NO6/c1-4-20(2,3)27-16(22)11-14-10-15(19(24)25)17(18(23)21-14)26-12-13-8-6-5-7-9-13/h5-10H,4,11-12H2,1-3H3,(H,21,23)(H,24,25). The number of nitrogens with one attached hydrogen (secondary N) is 1. The fourth-order valence-electron chi connectivity index (χ4n) is 2.30. The quantitative estimate of drug-likeness (QED) is 0.689. The highest BCUT2D eigenvalue weighted by Crippen LogP contribution is 2.18. The Kier molecular flexibility index (Phi) is 6.39. The molecule has 7 nitrogen and oxygen atoms in total. The third-order valence-electron chi connectivity index (χ3n) is 4.08. The Morgan fingerprint density at radius 3 is 2.44 bits per heavy atom. The van der Waals surface area contributed by atoms with Crippen molar-refractivity contribution < 1.29 is 24.2 Å². The van der Waals surface area contributed by atoms with Gasteiger partial charge in [-0.05, 0) is 31.9 Å². The predicted molar refractivity (Wildman–Crippen MR) is 99.0 cm³/mol. The summed E-state index contributed by atoms with van der Waals surface area (Å²) in [6, 6.07) is 10.3. The third-order valence-corrected chi connectivity index (χ3v) is 4.08. The van der Waals surface area contributed by atoms with Crippen LogP contribution in [-0.4, -0.2) is 27.6 Å². The lowest BCUT2D eigenvalue weighted by molar-refractivity contribution is -0.155. The maximum absolute atomic E-state index is 12.3. The van der Waals surface area contributed by atoms with E-state index >= 15 is 0 Å². The molecular formula is C20H23NO6. The zero-order valence-corrected chi connectivity index (χ0v) is 15.6. The van der Waals surface area contributed by atoms with Crippen molar-refractivity contribution in [3.8, 4) is 5.75 Å². The number of aromatic amines is 1. The Balaban J connectivity index is 2.21. The van der Waals surface area contributed by atoms with E-state index in [0.717, 1.165) is 5.56 Å². The van der Waals surface area contributed by atoms with Crippen LogP contribution in [0.25, 0.3) is 0 Å². The largest absolute Gasteiger partial charge is 0.482 e. The van der Waals surface area contributed by atoms with Crippen molar-refractivity contribution in [1.29, 1.82) is 0 Å². The molecule has 0 saturated carbocycles. The van der Waals surface area contributed by atoms with Crippen LogP contribution in [0.3, 0.4) is 0 Å². The molecule has 144 valence electrons. The van der Waals surface area contributed by atoms with Crippen LogP contribution in [0.5, 0.6) is 5.75 Å². The van der Waals surface area contributed by atoms with Gasteiger partial charge in [-0.25, -0.2) is 4.79 Å². The Labute approximate surface area is 156 Å². The topological polar surface area (TPSA) is 106 Å². The van der Waals surface area contributed by atoms with Gasteiger partial charge in [-0.3, -0.25) is 9.59 Å². The number of carbonyl (C=O) groups is 2. The van der Waals surface area contributed by atoms with Gasteiger partial charge in [0.2, 0.25) is 0 Å². The molecule has 0 saturated heterocycles. The van der Waals surface area contributed by atoms with Crippen LogP contribution in [0.1, 0.15) is 48.8 Å². The smallest absolute Gasteiger partial charge is 0.339 e. The van der Waals surface area contributed by atoms with Gasteiger partial charge in [0, 0.05) is 5.69 Å². The second kappa shape index (κ2) is 8.53. The molecule has 0 spiro atoms. The van der Waals surface area contributed by atoms with E-state index in [9.17, 15) is 19.5 Å². The molecule has 1 aromatic carbocycles. The molecule has 0 aliphatic rings. The first-order valence-corrected chi connectivity index (χ1v) is 8.60. The van der Waals surface area contributed by atoms with E-state index in [4.69, 9.17) is 9.47 Å². The number of pyridine rings is 1. The summed E-state index contributed by atoms with van der Waals surface area (Å²) in [5.74, 6) is -2.16. The fourth-order valence-corrected chi connectivity index (χ4v) is 2.30. The van der Waals surface area contributed by atoms with Crippen LogP contribution in [-0.2, 0) is 22.6 Å². The monoisotopic (exact) mass is 373 g/mol. The number of carbonyl (C=O) groups excluding carboxylic acids is 1.